The summed E-state index contributed by atoms with van der Waals surface area (Å²) in [5.41, 5.74) is 4.40. The lowest BCUT2D eigenvalue weighted by molar-refractivity contribution is 0.869. The lowest BCUT2D eigenvalue weighted by atomic mass is 10.1. The van der Waals surface area contributed by atoms with E-state index in [0.29, 0.717) is 0 Å². The van der Waals surface area contributed by atoms with Crippen molar-refractivity contribution in [3.8, 4) is 0 Å². The Morgan fingerprint density at radius 2 is 1.67 bits per heavy atom. The van der Waals surface area contributed by atoms with Gasteiger partial charge in [0.1, 0.15) is 0 Å². The van der Waals surface area contributed by atoms with Gasteiger partial charge in [0.05, 0.1) is 11.4 Å². The van der Waals surface area contributed by atoms with Crippen molar-refractivity contribution in [2.75, 3.05) is 12.1 Å². The first-order valence-corrected chi connectivity index (χ1v) is 8.15. The standard InChI is InChI=1S/C21H25N3/c1-4-20(15-16-22-17-19-11-7-5-8-12-19)18(2)23-24(3)21-13-9-6-10-14-21/h4-16,22H,17H2,1-3H3/b16-15-,20-4+,23-18+. The third-order valence-electron chi connectivity index (χ3n) is 3.69. The number of hydrogen-bond donors (Lipinski definition) is 1. The molecule has 0 amide bonds. The van der Waals surface area contributed by atoms with Crippen LogP contribution < -0.4 is 10.3 Å². The lowest BCUT2D eigenvalue weighted by Gasteiger charge is -2.14. The molecule has 124 valence electrons. The van der Waals surface area contributed by atoms with Crippen LogP contribution in [-0.4, -0.2) is 12.8 Å². The highest BCUT2D eigenvalue weighted by molar-refractivity contribution is 6.01. The Morgan fingerprint density at radius 3 is 2.29 bits per heavy atom. The summed E-state index contributed by atoms with van der Waals surface area (Å²) in [4.78, 5) is 0. The summed E-state index contributed by atoms with van der Waals surface area (Å²) in [6, 6.07) is 20.5. The van der Waals surface area contributed by atoms with E-state index in [9.17, 15) is 0 Å². The number of allylic oxidation sites excluding steroid dienone is 3. The zero-order chi connectivity index (χ0) is 17.2. The molecule has 0 atom stereocenters. The first-order chi connectivity index (χ1) is 11.7. The SMILES string of the molecule is C/C=C(\C=C/NCc1ccccc1)C(/C)=N/N(C)c1ccccc1. The summed E-state index contributed by atoms with van der Waals surface area (Å²) < 4.78 is 0. The van der Waals surface area contributed by atoms with Gasteiger partial charge in [0.15, 0.2) is 0 Å². The highest BCUT2D eigenvalue weighted by Gasteiger charge is 2.01. The van der Waals surface area contributed by atoms with Crippen LogP contribution in [0.4, 0.5) is 5.69 Å². The van der Waals surface area contributed by atoms with E-state index in [1.807, 2.05) is 80.6 Å². The van der Waals surface area contributed by atoms with Crippen molar-refractivity contribution in [1.82, 2.24) is 5.32 Å². The smallest absolute Gasteiger partial charge is 0.0648 e. The molecular weight excluding hydrogens is 294 g/mol. The fourth-order valence-corrected chi connectivity index (χ4v) is 2.33. The molecule has 0 spiro atoms. The third-order valence-corrected chi connectivity index (χ3v) is 3.69. The summed E-state index contributed by atoms with van der Waals surface area (Å²) in [7, 11) is 1.96. The van der Waals surface area contributed by atoms with Gasteiger partial charge >= 0.3 is 0 Å². The second-order valence-electron chi connectivity index (χ2n) is 5.49. The van der Waals surface area contributed by atoms with E-state index in [0.717, 1.165) is 23.5 Å². The van der Waals surface area contributed by atoms with E-state index >= 15 is 0 Å². The molecule has 3 heteroatoms. The summed E-state index contributed by atoms with van der Waals surface area (Å²) in [5.74, 6) is 0. The van der Waals surface area contributed by atoms with Gasteiger partial charge in [-0.3, -0.25) is 5.01 Å². The second kappa shape index (κ2) is 9.36. The largest absolute Gasteiger partial charge is 0.387 e. The number of hydrogen-bond acceptors (Lipinski definition) is 3. The number of nitrogens with zero attached hydrogens (tertiary/aromatic N) is 2. The zero-order valence-corrected chi connectivity index (χ0v) is 14.6. The van der Waals surface area contributed by atoms with Crippen LogP contribution in [-0.2, 0) is 6.54 Å². The van der Waals surface area contributed by atoms with Gasteiger partial charge in [0, 0.05) is 13.6 Å². The summed E-state index contributed by atoms with van der Waals surface area (Å²) >= 11 is 0. The Hall–Kier alpha value is -2.81. The van der Waals surface area contributed by atoms with Crippen molar-refractivity contribution in [3.05, 3.63) is 90.2 Å². The number of hydrazone groups is 1. The van der Waals surface area contributed by atoms with Crippen LogP contribution in [0.1, 0.15) is 19.4 Å². The first kappa shape index (κ1) is 17.5. The number of benzene rings is 2. The Bertz CT molecular complexity index is 700. The zero-order valence-electron chi connectivity index (χ0n) is 14.6. The van der Waals surface area contributed by atoms with Crippen molar-refractivity contribution >= 4 is 11.4 Å². The molecule has 1 N–H and O–H groups in total. The monoisotopic (exact) mass is 319 g/mol. The summed E-state index contributed by atoms with van der Waals surface area (Å²) in [5, 5.41) is 9.87. The maximum Gasteiger partial charge on any atom is 0.0648 e. The van der Waals surface area contributed by atoms with Crippen molar-refractivity contribution < 1.29 is 0 Å². The molecule has 24 heavy (non-hydrogen) atoms. The Morgan fingerprint density at radius 1 is 1.04 bits per heavy atom. The summed E-state index contributed by atoms with van der Waals surface area (Å²) in [6.07, 6.45) is 6.10. The predicted molar refractivity (Wildman–Crippen MR) is 104 cm³/mol. The van der Waals surface area contributed by atoms with Crippen LogP contribution in [0.15, 0.2) is 89.7 Å². The summed E-state index contributed by atoms with van der Waals surface area (Å²) in [6.45, 7) is 4.86. The van der Waals surface area contributed by atoms with Crippen molar-refractivity contribution in [2.45, 2.75) is 20.4 Å². The van der Waals surface area contributed by atoms with E-state index in [4.69, 9.17) is 0 Å². The minimum Gasteiger partial charge on any atom is -0.387 e. The van der Waals surface area contributed by atoms with Gasteiger partial charge in [-0.25, -0.2) is 0 Å². The second-order valence-corrected chi connectivity index (χ2v) is 5.49. The number of anilines is 1. The fraction of sp³-hybridized carbons (Fsp3) is 0.190. The predicted octanol–water partition coefficient (Wildman–Crippen LogP) is 4.75. The van der Waals surface area contributed by atoms with E-state index in [1.165, 1.54) is 5.56 Å². The molecule has 0 heterocycles. The molecule has 0 saturated carbocycles. The molecule has 0 saturated heterocycles. The van der Waals surface area contributed by atoms with Gasteiger partial charge in [-0.1, -0.05) is 54.6 Å². The van der Waals surface area contributed by atoms with Gasteiger partial charge < -0.3 is 5.32 Å². The van der Waals surface area contributed by atoms with E-state index in [1.54, 1.807) is 0 Å². The number of rotatable bonds is 7. The Labute approximate surface area is 145 Å². The Balaban J connectivity index is 1.95. The van der Waals surface area contributed by atoms with E-state index in [2.05, 4.69) is 34.7 Å². The Kier molecular flexibility index (Phi) is 6.84. The van der Waals surface area contributed by atoms with Gasteiger partial charge in [-0.05, 0) is 49.4 Å². The van der Waals surface area contributed by atoms with Crippen LogP contribution in [0, 0.1) is 0 Å². The lowest BCUT2D eigenvalue weighted by Crippen LogP contribution is -2.12. The van der Waals surface area contributed by atoms with Crippen molar-refractivity contribution in [3.63, 3.8) is 0 Å². The number of para-hydroxylation sites is 1. The molecule has 3 nitrogen and oxygen atoms in total. The van der Waals surface area contributed by atoms with E-state index < -0.39 is 0 Å². The molecule has 0 aliphatic heterocycles. The van der Waals surface area contributed by atoms with Crippen LogP contribution in [0.5, 0.6) is 0 Å². The van der Waals surface area contributed by atoms with Gasteiger partial charge in [0.2, 0.25) is 0 Å². The molecular formula is C21H25N3. The maximum absolute atomic E-state index is 4.66. The molecule has 2 rings (SSSR count). The minimum atomic E-state index is 0.814. The normalized spacial score (nSPS) is 12.5. The van der Waals surface area contributed by atoms with Gasteiger partial charge in [0.25, 0.3) is 0 Å². The minimum absolute atomic E-state index is 0.814. The third kappa shape index (κ3) is 5.43. The van der Waals surface area contributed by atoms with Crippen molar-refractivity contribution in [1.29, 1.82) is 0 Å². The average Bonchev–Trinajstić information content (AvgIpc) is 2.63. The molecule has 0 aromatic heterocycles. The van der Waals surface area contributed by atoms with Crippen LogP contribution in [0.2, 0.25) is 0 Å². The topological polar surface area (TPSA) is 27.6 Å². The molecule has 2 aromatic rings. The van der Waals surface area contributed by atoms with Crippen molar-refractivity contribution in [2.24, 2.45) is 5.10 Å². The van der Waals surface area contributed by atoms with Crippen LogP contribution >= 0.6 is 0 Å². The van der Waals surface area contributed by atoms with Crippen LogP contribution in [0.3, 0.4) is 0 Å². The molecule has 2 aromatic carbocycles. The molecule has 0 aliphatic rings. The highest BCUT2D eigenvalue weighted by Crippen LogP contribution is 2.12. The quantitative estimate of drug-likeness (QED) is 0.453. The average molecular weight is 319 g/mol. The molecule has 0 unspecified atom stereocenters. The molecule has 0 radical (unpaired) electrons. The number of nitrogens with one attached hydrogen (secondary N) is 1. The van der Waals surface area contributed by atoms with Crippen LogP contribution in [0.25, 0.3) is 0 Å². The molecule has 0 bridgehead atoms. The van der Waals surface area contributed by atoms with Gasteiger partial charge in [-0.2, -0.15) is 5.10 Å². The molecule has 0 fully saturated rings. The maximum atomic E-state index is 4.66. The molecule has 0 aliphatic carbocycles. The van der Waals surface area contributed by atoms with Gasteiger partial charge in [-0.15, -0.1) is 0 Å². The van der Waals surface area contributed by atoms with E-state index in [-0.39, 0.29) is 0 Å². The highest BCUT2D eigenvalue weighted by atomic mass is 15.4. The first-order valence-electron chi connectivity index (χ1n) is 8.15. The fourth-order valence-electron chi connectivity index (χ4n) is 2.33.